The lowest BCUT2D eigenvalue weighted by molar-refractivity contribution is 0.151. The van der Waals surface area contributed by atoms with E-state index in [1.165, 1.54) is 0 Å². The number of aromatic amines is 1. The first-order valence-electron chi connectivity index (χ1n) is 5.37. The van der Waals surface area contributed by atoms with Crippen LogP contribution in [0.4, 0.5) is 0 Å². The molecule has 2 rings (SSSR count). The van der Waals surface area contributed by atoms with Crippen molar-refractivity contribution in [1.29, 1.82) is 0 Å². The first kappa shape index (κ1) is 11.0. The number of H-pyrrole nitrogens is 1. The normalized spacial score (nSPS) is 13.5. The first-order chi connectivity index (χ1) is 7.56. The fraction of sp³-hybridized carbons (Fsp3) is 0.417. The third kappa shape index (κ3) is 2.17. The van der Waals surface area contributed by atoms with Crippen molar-refractivity contribution >= 4 is 11.1 Å². The molecule has 4 nitrogen and oxygen atoms in total. The highest BCUT2D eigenvalue weighted by atomic mass is 16.4. The quantitative estimate of drug-likeness (QED) is 0.835. The van der Waals surface area contributed by atoms with Crippen molar-refractivity contribution in [2.24, 2.45) is 5.92 Å². The van der Waals surface area contributed by atoms with Gasteiger partial charge in [0.05, 0.1) is 11.6 Å². The number of aliphatic hydroxyl groups is 1. The van der Waals surface area contributed by atoms with Gasteiger partial charge in [-0.05, 0) is 30.0 Å². The summed E-state index contributed by atoms with van der Waals surface area (Å²) in [6.45, 7) is 4.11. The van der Waals surface area contributed by atoms with Crippen LogP contribution in [0.25, 0.3) is 11.1 Å². The molecule has 0 spiro atoms. The molecule has 0 amide bonds. The van der Waals surface area contributed by atoms with E-state index in [2.05, 4.69) is 18.8 Å². The number of hydrogen-bond donors (Lipinski definition) is 2. The van der Waals surface area contributed by atoms with E-state index in [1.807, 2.05) is 0 Å². The third-order valence-electron chi connectivity index (χ3n) is 2.52. The lowest BCUT2D eigenvalue weighted by atomic mass is 9.99. The van der Waals surface area contributed by atoms with Gasteiger partial charge >= 0.3 is 5.76 Å². The van der Waals surface area contributed by atoms with Crippen LogP contribution in [-0.4, -0.2) is 10.1 Å². The van der Waals surface area contributed by atoms with Crippen molar-refractivity contribution in [3.8, 4) is 0 Å². The Morgan fingerprint density at radius 1 is 1.44 bits per heavy atom. The lowest BCUT2D eigenvalue weighted by Crippen LogP contribution is -2.01. The maximum absolute atomic E-state index is 11.0. The second-order valence-electron chi connectivity index (χ2n) is 4.42. The van der Waals surface area contributed by atoms with Crippen LogP contribution < -0.4 is 5.76 Å². The Kier molecular flexibility index (Phi) is 2.83. The monoisotopic (exact) mass is 221 g/mol. The van der Waals surface area contributed by atoms with Gasteiger partial charge in [-0.3, -0.25) is 4.98 Å². The highest BCUT2D eigenvalue weighted by Gasteiger charge is 2.11. The maximum Gasteiger partial charge on any atom is 0.417 e. The van der Waals surface area contributed by atoms with Gasteiger partial charge in [-0.2, -0.15) is 0 Å². The Labute approximate surface area is 92.9 Å². The Balaban J connectivity index is 2.34. The van der Waals surface area contributed by atoms with E-state index in [4.69, 9.17) is 4.42 Å². The molecule has 0 radical (unpaired) electrons. The van der Waals surface area contributed by atoms with Gasteiger partial charge in [-0.15, -0.1) is 0 Å². The third-order valence-corrected chi connectivity index (χ3v) is 2.52. The Bertz CT molecular complexity index is 538. The molecule has 0 fully saturated rings. The number of hydrogen-bond acceptors (Lipinski definition) is 3. The van der Waals surface area contributed by atoms with Crippen molar-refractivity contribution < 1.29 is 9.52 Å². The lowest BCUT2D eigenvalue weighted by Gasteiger charge is -2.12. The number of aliphatic hydroxyl groups excluding tert-OH is 1. The molecule has 4 heteroatoms. The number of fused-ring (bicyclic) bond motifs is 1. The highest BCUT2D eigenvalue weighted by molar-refractivity contribution is 5.72. The summed E-state index contributed by atoms with van der Waals surface area (Å²) in [4.78, 5) is 13.5. The topological polar surface area (TPSA) is 66.2 Å². The maximum atomic E-state index is 11.0. The van der Waals surface area contributed by atoms with Gasteiger partial charge in [-0.25, -0.2) is 4.79 Å². The largest absolute Gasteiger partial charge is 0.417 e. The van der Waals surface area contributed by atoms with Crippen LogP contribution in [0.3, 0.4) is 0 Å². The van der Waals surface area contributed by atoms with Gasteiger partial charge in [-0.1, -0.05) is 19.9 Å². The minimum Gasteiger partial charge on any atom is -0.408 e. The van der Waals surface area contributed by atoms with Gasteiger partial charge in [0, 0.05) is 0 Å². The summed E-state index contributed by atoms with van der Waals surface area (Å²) >= 11 is 0. The molecule has 0 aliphatic carbocycles. The van der Waals surface area contributed by atoms with Crippen LogP contribution in [0.5, 0.6) is 0 Å². The summed E-state index contributed by atoms with van der Waals surface area (Å²) in [5.41, 5.74) is 1.93. The zero-order chi connectivity index (χ0) is 11.7. The van der Waals surface area contributed by atoms with Crippen LogP contribution in [0.2, 0.25) is 0 Å². The fourth-order valence-corrected chi connectivity index (χ4v) is 1.75. The molecule has 1 aromatic carbocycles. The number of nitrogens with one attached hydrogen (secondary N) is 1. The van der Waals surface area contributed by atoms with Crippen LogP contribution >= 0.6 is 0 Å². The Hall–Kier alpha value is -1.55. The average Bonchev–Trinajstić information content (AvgIpc) is 2.55. The second-order valence-corrected chi connectivity index (χ2v) is 4.42. The number of benzene rings is 1. The van der Waals surface area contributed by atoms with Crippen LogP contribution in [-0.2, 0) is 0 Å². The predicted octanol–water partition coefficient (Wildman–Crippen LogP) is 2.20. The van der Waals surface area contributed by atoms with E-state index in [0.717, 1.165) is 5.56 Å². The molecule has 0 aliphatic heterocycles. The van der Waals surface area contributed by atoms with E-state index < -0.39 is 11.9 Å². The SMILES string of the molecule is CC(C)CC(O)c1ccc2[nH]c(=O)oc2c1. The fourth-order valence-electron chi connectivity index (χ4n) is 1.75. The van der Waals surface area contributed by atoms with Crippen molar-refractivity contribution in [2.45, 2.75) is 26.4 Å². The van der Waals surface area contributed by atoms with E-state index in [0.29, 0.717) is 23.4 Å². The zero-order valence-corrected chi connectivity index (χ0v) is 9.36. The molecular weight excluding hydrogens is 206 g/mol. The van der Waals surface area contributed by atoms with Gasteiger partial charge in [0.25, 0.3) is 0 Å². The zero-order valence-electron chi connectivity index (χ0n) is 9.36. The Morgan fingerprint density at radius 3 is 2.88 bits per heavy atom. The Morgan fingerprint density at radius 2 is 2.19 bits per heavy atom. The standard InChI is InChI=1S/C12H15NO3/c1-7(2)5-10(14)8-3-4-9-11(6-8)16-12(15)13-9/h3-4,6-7,10,14H,5H2,1-2H3,(H,13,15). The minimum atomic E-state index is -0.510. The molecule has 0 bridgehead atoms. The molecule has 0 aliphatic rings. The van der Waals surface area contributed by atoms with Gasteiger partial charge in [0.15, 0.2) is 5.58 Å². The van der Waals surface area contributed by atoms with Crippen LogP contribution in [0.15, 0.2) is 27.4 Å². The number of oxazole rings is 1. The molecular formula is C12H15NO3. The molecule has 1 aromatic heterocycles. The van der Waals surface area contributed by atoms with E-state index in [1.54, 1.807) is 18.2 Å². The van der Waals surface area contributed by atoms with Crippen LogP contribution in [0, 0.1) is 5.92 Å². The predicted molar refractivity (Wildman–Crippen MR) is 61.2 cm³/mol. The molecule has 1 atom stereocenters. The van der Waals surface area contributed by atoms with Gasteiger partial charge in [0.2, 0.25) is 0 Å². The summed E-state index contributed by atoms with van der Waals surface area (Å²) in [6.07, 6.45) is 0.185. The first-order valence-corrected chi connectivity index (χ1v) is 5.37. The molecule has 86 valence electrons. The van der Waals surface area contributed by atoms with E-state index in [9.17, 15) is 9.90 Å². The van der Waals surface area contributed by atoms with Gasteiger partial charge in [0.1, 0.15) is 0 Å². The molecule has 1 heterocycles. The molecule has 0 saturated heterocycles. The number of rotatable bonds is 3. The molecule has 16 heavy (non-hydrogen) atoms. The summed E-state index contributed by atoms with van der Waals surface area (Å²) in [5.74, 6) is -0.0468. The summed E-state index contributed by atoms with van der Waals surface area (Å²) < 4.78 is 4.94. The van der Waals surface area contributed by atoms with Crippen molar-refractivity contribution in [2.75, 3.05) is 0 Å². The summed E-state index contributed by atoms with van der Waals surface area (Å²) in [6, 6.07) is 5.26. The van der Waals surface area contributed by atoms with E-state index in [-0.39, 0.29) is 0 Å². The number of aromatic nitrogens is 1. The van der Waals surface area contributed by atoms with Crippen molar-refractivity contribution in [3.05, 3.63) is 34.3 Å². The van der Waals surface area contributed by atoms with Crippen LogP contribution in [0.1, 0.15) is 31.9 Å². The van der Waals surface area contributed by atoms with Gasteiger partial charge < -0.3 is 9.52 Å². The smallest absolute Gasteiger partial charge is 0.408 e. The summed E-state index contributed by atoms with van der Waals surface area (Å²) in [7, 11) is 0. The second kappa shape index (κ2) is 4.14. The minimum absolute atomic E-state index is 0.420. The van der Waals surface area contributed by atoms with Crippen molar-refractivity contribution in [1.82, 2.24) is 4.98 Å². The average molecular weight is 221 g/mol. The molecule has 2 N–H and O–H groups in total. The molecule has 1 unspecified atom stereocenters. The van der Waals surface area contributed by atoms with Crippen molar-refractivity contribution in [3.63, 3.8) is 0 Å². The molecule has 2 aromatic rings. The molecule has 0 saturated carbocycles. The highest BCUT2D eigenvalue weighted by Crippen LogP contribution is 2.23. The summed E-state index contributed by atoms with van der Waals surface area (Å²) in [5, 5.41) is 9.93. The van der Waals surface area contributed by atoms with E-state index >= 15 is 0 Å².